The highest BCUT2D eigenvalue weighted by atomic mass is 35.5. The van der Waals surface area contributed by atoms with E-state index in [2.05, 4.69) is 0 Å². The molecule has 1 atom stereocenters. The fraction of sp³-hybridized carbons (Fsp3) is 0.0571. The normalized spacial score (nSPS) is 15.9. The second-order valence-electron chi connectivity index (χ2n) is 10.2. The van der Waals surface area contributed by atoms with Gasteiger partial charge < -0.3 is 4.90 Å². The smallest absolute Gasteiger partial charge is 0.261 e. The third-order valence-corrected chi connectivity index (χ3v) is 8.06. The number of aromatic nitrogens is 1. The van der Waals surface area contributed by atoms with Crippen molar-refractivity contribution < 1.29 is 9.59 Å². The zero-order chi connectivity index (χ0) is 28.2. The molecule has 0 radical (unpaired) electrons. The summed E-state index contributed by atoms with van der Waals surface area (Å²) in [6, 6.07) is 34.8. The SMILES string of the molecule is Cc1cc2c(c(=O)n1-c1ccccc1)C(c1ccc(Cl)cc1)C1=C(C(=O)c3ccccc3C1=O)N2c1ccccc1. The van der Waals surface area contributed by atoms with Gasteiger partial charge in [-0.2, -0.15) is 0 Å². The number of benzene rings is 4. The lowest BCUT2D eigenvalue weighted by Crippen LogP contribution is -2.41. The Hall–Kier alpha value is -5.00. The van der Waals surface area contributed by atoms with Crippen molar-refractivity contribution >= 4 is 34.5 Å². The lowest BCUT2D eigenvalue weighted by Gasteiger charge is -2.40. The number of para-hydroxylation sites is 2. The van der Waals surface area contributed by atoms with Crippen LogP contribution in [0.4, 0.5) is 11.4 Å². The van der Waals surface area contributed by atoms with Crippen molar-refractivity contribution in [3.63, 3.8) is 0 Å². The van der Waals surface area contributed by atoms with E-state index in [1.54, 1.807) is 45.9 Å². The lowest BCUT2D eigenvalue weighted by molar-refractivity contribution is 0.0968. The molecule has 0 N–H and O–H groups in total. The molecule has 0 fully saturated rings. The molecule has 7 rings (SSSR count). The summed E-state index contributed by atoms with van der Waals surface area (Å²) in [5, 5.41) is 0.534. The van der Waals surface area contributed by atoms with Crippen molar-refractivity contribution in [2.24, 2.45) is 0 Å². The highest BCUT2D eigenvalue weighted by Gasteiger charge is 2.46. The summed E-state index contributed by atoms with van der Waals surface area (Å²) in [7, 11) is 0. The Morgan fingerprint density at radius 1 is 0.659 bits per heavy atom. The van der Waals surface area contributed by atoms with E-state index in [1.807, 2.05) is 85.8 Å². The number of halogens is 1. The van der Waals surface area contributed by atoms with Gasteiger partial charge >= 0.3 is 0 Å². The third kappa shape index (κ3) is 3.81. The Kier molecular flexibility index (Phi) is 5.84. The number of pyridine rings is 1. The quantitative estimate of drug-likeness (QED) is 0.233. The number of fused-ring (bicyclic) bond motifs is 2. The number of Topliss-reactive ketones (excluding diaryl/α,β-unsaturated/α-hetero) is 2. The van der Waals surface area contributed by atoms with Crippen LogP contribution in [0.15, 0.2) is 131 Å². The van der Waals surface area contributed by atoms with Crippen molar-refractivity contribution in [1.29, 1.82) is 0 Å². The number of rotatable bonds is 3. The number of hydrogen-bond donors (Lipinski definition) is 0. The van der Waals surface area contributed by atoms with Gasteiger partial charge in [-0.05, 0) is 55.0 Å². The average Bonchev–Trinajstić information content (AvgIpc) is 3.00. The highest BCUT2D eigenvalue weighted by Crippen LogP contribution is 2.50. The van der Waals surface area contributed by atoms with Gasteiger partial charge in [-0.3, -0.25) is 19.0 Å². The molecule has 5 nitrogen and oxygen atoms in total. The molecule has 0 spiro atoms. The van der Waals surface area contributed by atoms with E-state index < -0.39 is 5.92 Å². The molecule has 0 bridgehead atoms. The van der Waals surface area contributed by atoms with Crippen molar-refractivity contribution in [2.45, 2.75) is 12.8 Å². The molecule has 0 saturated carbocycles. The molecule has 1 unspecified atom stereocenters. The van der Waals surface area contributed by atoms with Crippen LogP contribution in [0.1, 0.15) is 43.5 Å². The minimum Gasteiger partial charge on any atom is -0.306 e. The molecular weight excluding hydrogens is 532 g/mol. The van der Waals surface area contributed by atoms with Gasteiger partial charge in [-0.25, -0.2) is 0 Å². The molecule has 2 heterocycles. The van der Waals surface area contributed by atoms with E-state index >= 15 is 0 Å². The fourth-order valence-electron chi connectivity index (χ4n) is 6.05. The fourth-order valence-corrected chi connectivity index (χ4v) is 6.18. The van der Waals surface area contributed by atoms with Gasteiger partial charge in [-0.1, -0.05) is 84.4 Å². The van der Waals surface area contributed by atoms with Gasteiger partial charge in [-0.15, -0.1) is 0 Å². The molecule has 6 heteroatoms. The van der Waals surface area contributed by atoms with E-state index in [4.69, 9.17) is 11.6 Å². The summed E-state index contributed by atoms with van der Waals surface area (Å²) in [6.07, 6.45) is 0. The van der Waals surface area contributed by atoms with E-state index in [0.717, 1.165) is 5.69 Å². The maximum Gasteiger partial charge on any atom is 0.261 e. The molecule has 2 aliphatic rings. The minimum atomic E-state index is -0.787. The number of carbonyl (C=O) groups excluding carboxylic acids is 2. The number of nitrogens with zero attached hydrogens (tertiary/aromatic N) is 2. The number of hydrogen-bond acceptors (Lipinski definition) is 4. The number of aryl methyl sites for hydroxylation is 1. The Labute approximate surface area is 241 Å². The Balaban J connectivity index is 1.63. The summed E-state index contributed by atoms with van der Waals surface area (Å²) in [5.74, 6) is -1.31. The number of carbonyl (C=O) groups is 2. The van der Waals surface area contributed by atoms with Gasteiger partial charge in [0.1, 0.15) is 5.70 Å². The number of ketones is 2. The number of anilines is 2. The summed E-state index contributed by atoms with van der Waals surface area (Å²) < 4.78 is 1.67. The first-order chi connectivity index (χ1) is 20.0. The standard InChI is InChI=1S/C35H23ClN2O3/c1-21-20-28-30(35(41)37(21)24-10-4-2-5-11-24)29(22-16-18-23(36)19-17-22)31-32(38(28)25-12-6-3-7-13-25)34(40)27-15-9-8-14-26(27)33(31)39/h2-20,29H,1H3. The molecule has 1 aliphatic carbocycles. The molecule has 0 saturated heterocycles. The van der Waals surface area contributed by atoms with Crippen molar-refractivity contribution in [2.75, 3.05) is 4.90 Å². The van der Waals surface area contributed by atoms with Gasteiger partial charge in [0, 0.05) is 44.7 Å². The topological polar surface area (TPSA) is 59.4 Å². The maximum absolute atomic E-state index is 14.7. The molecule has 1 aromatic heterocycles. The van der Waals surface area contributed by atoms with Crippen LogP contribution in [-0.2, 0) is 0 Å². The summed E-state index contributed by atoms with van der Waals surface area (Å²) in [4.78, 5) is 45.2. The van der Waals surface area contributed by atoms with E-state index in [-0.39, 0.29) is 28.4 Å². The molecule has 198 valence electrons. The van der Waals surface area contributed by atoms with Crippen LogP contribution in [0.5, 0.6) is 0 Å². The zero-order valence-corrected chi connectivity index (χ0v) is 22.8. The molecule has 0 amide bonds. The van der Waals surface area contributed by atoms with Crippen LogP contribution in [0.25, 0.3) is 5.69 Å². The minimum absolute atomic E-state index is 0.252. The van der Waals surface area contributed by atoms with E-state index in [1.165, 1.54) is 0 Å². The first kappa shape index (κ1) is 25.0. The Bertz CT molecular complexity index is 1960. The molecule has 41 heavy (non-hydrogen) atoms. The summed E-state index contributed by atoms with van der Waals surface area (Å²) in [6.45, 7) is 1.88. The second-order valence-corrected chi connectivity index (χ2v) is 10.6. The largest absolute Gasteiger partial charge is 0.306 e. The van der Waals surface area contributed by atoms with Crippen molar-refractivity contribution in [3.8, 4) is 5.69 Å². The molecule has 4 aromatic carbocycles. The van der Waals surface area contributed by atoms with Crippen LogP contribution < -0.4 is 10.5 Å². The van der Waals surface area contributed by atoms with Gasteiger partial charge in [0.05, 0.1) is 11.3 Å². The average molecular weight is 555 g/mol. The van der Waals surface area contributed by atoms with Gasteiger partial charge in [0.25, 0.3) is 5.56 Å². The zero-order valence-electron chi connectivity index (χ0n) is 22.0. The molecular formula is C35H23ClN2O3. The second kappa shape index (κ2) is 9.58. The van der Waals surface area contributed by atoms with Gasteiger partial charge in [0.2, 0.25) is 5.78 Å². The van der Waals surface area contributed by atoms with Crippen LogP contribution in [-0.4, -0.2) is 16.1 Å². The summed E-state index contributed by atoms with van der Waals surface area (Å²) in [5.41, 5.74) is 4.80. The maximum atomic E-state index is 14.7. The third-order valence-electron chi connectivity index (χ3n) is 7.81. The Morgan fingerprint density at radius 3 is 1.85 bits per heavy atom. The van der Waals surface area contributed by atoms with Gasteiger partial charge in [0.15, 0.2) is 5.78 Å². The predicted octanol–water partition coefficient (Wildman–Crippen LogP) is 7.42. The van der Waals surface area contributed by atoms with Crippen LogP contribution >= 0.6 is 11.6 Å². The van der Waals surface area contributed by atoms with E-state index in [0.29, 0.717) is 44.3 Å². The van der Waals surface area contributed by atoms with Crippen LogP contribution in [0.2, 0.25) is 5.02 Å². The van der Waals surface area contributed by atoms with E-state index in [9.17, 15) is 14.4 Å². The summed E-state index contributed by atoms with van der Waals surface area (Å²) >= 11 is 6.26. The monoisotopic (exact) mass is 554 g/mol. The predicted molar refractivity (Wildman–Crippen MR) is 161 cm³/mol. The molecule has 1 aliphatic heterocycles. The molecule has 5 aromatic rings. The lowest BCUT2D eigenvalue weighted by atomic mass is 9.73. The van der Waals surface area contributed by atoms with Crippen LogP contribution in [0.3, 0.4) is 0 Å². The highest BCUT2D eigenvalue weighted by molar-refractivity contribution is 6.31. The van der Waals surface area contributed by atoms with Crippen LogP contribution in [0, 0.1) is 6.92 Å². The van der Waals surface area contributed by atoms with Crippen molar-refractivity contribution in [1.82, 2.24) is 4.57 Å². The number of allylic oxidation sites excluding steroid dienone is 2. The first-order valence-electron chi connectivity index (χ1n) is 13.3. The Morgan fingerprint density at radius 2 is 1.22 bits per heavy atom. The first-order valence-corrected chi connectivity index (χ1v) is 13.7. The van der Waals surface area contributed by atoms with Crippen molar-refractivity contribution in [3.05, 3.63) is 170 Å².